The maximum absolute atomic E-state index is 5.68. The highest BCUT2D eigenvalue weighted by Crippen LogP contribution is 2.27. The number of nitrogens with zero attached hydrogens (tertiary/aromatic N) is 1. The van der Waals surface area contributed by atoms with Gasteiger partial charge in [0.2, 0.25) is 0 Å². The van der Waals surface area contributed by atoms with Crippen LogP contribution in [-0.2, 0) is 0 Å². The maximum Gasteiger partial charge on any atom is 0.188 e. The molecule has 13 heavy (non-hydrogen) atoms. The fraction of sp³-hybridized carbons (Fsp3) is 0.889. The van der Waals surface area contributed by atoms with Crippen LogP contribution in [0.15, 0.2) is 4.99 Å². The molecule has 1 rings (SSSR count). The minimum Gasteiger partial charge on any atom is -0.370 e. The second-order valence-electron chi connectivity index (χ2n) is 3.37. The summed E-state index contributed by atoms with van der Waals surface area (Å²) in [5.74, 6) is 0.606. The molecule has 0 aliphatic heterocycles. The fourth-order valence-corrected chi connectivity index (χ4v) is 2.51. The molecule has 76 valence electrons. The highest BCUT2D eigenvalue weighted by Gasteiger charge is 2.23. The lowest BCUT2D eigenvalue weighted by Crippen LogP contribution is -2.38. The molecule has 0 heterocycles. The normalized spacial score (nSPS) is 29.2. The van der Waals surface area contributed by atoms with Gasteiger partial charge in [0, 0.05) is 17.8 Å². The number of aliphatic imine (C=N–C) groups is 1. The Kier molecular flexibility index (Phi) is 4.42. The number of nitrogens with one attached hydrogen (secondary N) is 1. The topological polar surface area (TPSA) is 50.4 Å². The molecule has 1 aliphatic carbocycles. The van der Waals surface area contributed by atoms with Crippen LogP contribution < -0.4 is 11.1 Å². The minimum atomic E-state index is 0.549. The summed E-state index contributed by atoms with van der Waals surface area (Å²) in [4.78, 5) is 4.12. The van der Waals surface area contributed by atoms with Gasteiger partial charge in [-0.1, -0.05) is 0 Å². The highest BCUT2D eigenvalue weighted by atomic mass is 32.2. The van der Waals surface area contributed by atoms with Crippen LogP contribution in [0.2, 0.25) is 0 Å². The molecule has 1 aliphatic rings. The SMILES string of the molecule is CCN=C(N)N[C@H]1CC[C@H](SC)C1. The molecule has 0 amide bonds. The van der Waals surface area contributed by atoms with E-state index in [1.165, 1.54) is 19.3 Å². The van der Waals surface area contributed by atoms with E-state index in [9.17, 15) is 0 Å². The first-order valence-corrected chi connectivity index (χ1v) is 6.14. The van der Waals surface area contributed by atoms with E-state index in [0.717, 1.165) is 11.8 Å². The first-order valence-electron chi connectivity index (χ1n) is 4.85. The van der Waals surface area contributed by atoms with Gasteiger partial charge in [-0.15, -0.1) is 0 Å². The van der Waals surface area contributed by atoms with E-state index in [1.54, 1.807) is 0 Å². The molecule has 0 spiro atoms. The van der Waals surface area contributed by atoms with Gasteiger partial charge in [0.05, 0.1) is 0 Å². The molecule has 0 aromatic heterocycles. The quantitative estimate of drug-likeness (QED) is 0.533. The van der Waals surface area contributed by atoms with Gasteiger partial charge in [-0.05, 0) is 32.4 Å². The van der Waals surface area contributed by atoms with Crippen LogP contribution in [0, 0.1) is 0 Å². The molecule has 0 aromatic rings. The van der Waals surface area contributed by atoms with E-state index >= 15 is 0 Å². The molecule has 1 saturated carbocycles. The number of hydrogen-bond donors (Lipinski definition) is 2. The lowest BCUT2D eigenvalue weighted by Gasteiger charge is -2.12. The van der Waals surface area contributed by atoms with Crippen molar-refractivity contribution in [1.82, 2.24) is 5.32 Å². The average Bonchev–Trinajstić information content (AvgIpc) is 2.52. The Hall–Kier alpha value is -0.380. The highest BCUT2D eigenvalue weighted by molar-refractivity contribution is 7.99. The Bertz CT molecular complexity index is 182. The maximum atomic E-state index is 5.68. The van der Waals surface area contributed by atoms with Gasteiger partial charge in [0.1, 0.15) is 0 Å². The predicted molar refractivity (Wildman–Crippen MR) is 60.2 cm³/mol. The van der Waals surface area contributed by atoms with Gasteiger partial charge in [0.15, 0.2) is 5.96 Å². The van der Waals surface area contributed by atoms with Crippen LogP contribution >= 0.6 is 11.8 Å². The van der Waals surface area contributed by atoms with Gasteiger partial charge in [-0.2, -0.15) is 11.8 Å². The Balaban J connectivity index is 2.27. The lowest BCUT2D eigenvalue weighted by molar-refractivity contribution is 0.627. The molecule has 0 unspecified atom stereocenters. The van der Waals surface area contributed by atoms with Crippen LogP contribution in [0.1, 0.15) is 26.2 Å². The third kappa shape index (κ3) is 3.46. The van der Waals surface area contributed by atoms with Crippen molar-refractivity contribution >= 4 is 17.7 Å². The Morgan fingerprint density at radius 2 is 2.38 bits per heavy atom. The zero-order valence-electron chi connectivity index (χ0n) is 8.42. The third-order valence-corrected chi connectivity index (χ3v) is 3.49. The molecule has 4 heteroatoms. The molecule has 0 radical (unpaired) electrons. The van der Waals surface area contributed by atoms with Crippen LogP contribution in [-0.4, -0.2) is 30.1 Å². The summed E-state index contributed by atoms with van der Waals surface area (Å²) >= 11 is 1.96. The van der Waals surface area contributed by atoms with Crippen molar-refractivity contribution in [2.45, 2.75) is 37.5 Å². The Morgan fingerprint density at radius 3 is 2.92 bits per heavy atom. The smallest absolute Gasteiger partial charge is 0.188 e. The average molecular weight is 201 g/mol. The first kappa shape index (κ1) is 10.7. The molecule has 3 N–H and O–H groups in total. The number of rotatable bonds is 3. The van der Waals surface area contributed by atoms with Crippen molar-refractivity contribution in [3.8, 4) is 0 Å². The zero-order chi connectivity index (χ0) is 9.68. The summed E-state index contributed by atoms with van der Waals surface area (Å²) in [5.41, 5.74) is 5.68. The van der Waals surface area contributed by atoms with Crippen molar-refractivity contribution in [1.29, 1.82) is 0 Å². The van der Waals surface area contributed by atoms with Crippen molar-refractivity contribution in [2.24, 2.45) is 10.7 Å². The van der Waals surface area contributed by atoms with E-state index in [-0.39, 0.29) is 0 Å². The van der Waals surface area contributed by atoms with Gasteiger partial charge in [0.25, 0.3) is 0 Å². The lowest BCUT2D eigenvalue weighted by atomic mass is 10.2. The van der Waals surface area contributed by atoms with Crippen molar-refractivity contribution in [2.75, 3.05) is 12.8 Å². The largest absolute Gasteiger partial charge is 0.370 e. The minimum absolute atomic E-state index is 0.549. The van der Waals surface area contributed by atoms with E-state index in [2.05, 4.69) is 16.6 Å². The summed E-state index contributed by atoms with van der Waals surface area (Å²) in [6, 6.07) is 0.549. The third-order valence-electron chi connectivity index (χ3n) is 2.40. The van der Waals surface area contributed by atoms with Crippen molar-refractivity contribution in [3.63, 3.8) is 0 Å². The van der Waals surface area contributed by atoms with Crippen molar-refractivity contribution in [3.05, 3.63) is 0 Å². The number of guanidine groups is 1. The van der Waals surface area contributed by atoms with E-state index < -0.39 is 0 Å². The molecule has 2 atom stereocenters. The molecular weight excluding hydrogens is 182 g/mol. The number of thioether (sulfide) groups is 1. The summed E-state index contributed by atoms with van der Waals surface area (Å²) in [6.45, 7) is 2.76. The van der Waals surface area contributed by atoms with Crippen LogP contribution in [0.25, 0.3) is 0 Å². The van der Waals surface area contributed by atoms with E-state index in [1.807, 2.05) is 18.7 Å². The fourth-order valence-electron chi connectivity index (χ4n) is 1.71. The van der Waals surface area contributed by atoms with Crippen LogP contribution in [0.3, 0.4) is 0 Å². The standard InChI is InChI=1S/C9H19N3S/c1-3-11-9(10)12-7-4-5-8(6-7)13-2/h7-8H,3-6H2,1-2H3,(H3,10,11,12)/t7-,8-/m0/s1. The molecule has 3 nitrogen and oxygen atoms in total. The monoisotopic (exact) mass is 201 g/mol. The molecule has 0 bridgehead atoms. The van der Waals surface area contributed by atoms with Crippen LogP contribution in [0.5, 0.6) is 0 Å². The second-order valence-corrected chi connectivity index (χ2v) is 4.51. The summed E-state index contributed by atoms with van der Waals surface area (Å²) in [6.07, 6.45) is 5.93. The number of nitrogens with two attached hydrogens (primary N) is 1. The Labute approximate surface area is 84.6 Å². The van der Waals surface area contributed by atoms with Gasteiger partial charge in [-0.25, -0.2) is 0 Å². The van der Waals surface area contributed by atoms with E-state index in [0.29, 0.717) is 12.0 Å². The second kappa shape index (κ2) is 5.37. The summed E-state index contributed by atoms with van der Waals surface area (Å²) in [5, 5.41) is 4.07. The van der Waals surface area contributed by atoms with Gasteiger partial charge >= 0.3 is 0 Å². The molecule has 0 aromatic carbocycles. The molecule has 0 saturated heterocycles. The van der Waals surface area contributed by atoms with Crippen LogP contribution in [0.4, 0.5) is 0 Å². The van der Waals surface area contributed by atoms with Gasteiger partial charge < -0.3 is 11.1 Å². The molecular formula is C9H19N3S. The van der Waals surface area contributed by atoms with E-state index in [4.69, 9.17) is 5.73 Å². The molecule has 1 fully saturated rings. The first-order chi connectivity index (χ1) is 6.26. The number of hydrogen-bond acceptors (Lipinski definition) is 2. The summed E-state index contributed by atoms with van der Waals surface area (Å²) < 4.78 is 0. The predicted octanol–water partition coefficient (Wildman–Crippen LogP) is 1.19. The van der Waals surface area contributed by atoms with Crippen molar-refractivity contribution < 1.29 is 0 Å². The zero-order valence-corrected chi connectivity index (χ0v) is 9.23. The summed E-state index contributed by atoms with van der Waals surface area (Å²) in [7, 11) is 0. The van der Waals surface area contributed by atoms with Gasteiger partial charge in [-0.3, -0.25) is 4.99 Å². The Morgan fingerprint density at radius 1 is 1.62 bits per heavy atom.